The minimum Gasteiger partial charge on any atom is -0.508 e. The molecule has 0 spiro atoms. The maximum absolute atomic E-state index is 12.6. The Hall–Kier alpha value is -1.54. The van der Waals surface area contributed by atoms with Gasteiger partial charge in [0.1, 0.15) is 11.8 Å². The molecule has 1 aromatic rings. The Kier molecular flexibility index (Phi) is 22.7. The fraction of sp³-hybridized carbons (Fsp3) is 0.667. The predicted molar refractivity (Wildman–Crippen MR) is 140 cm³/mol. The first-order valence-corrected chi connectivity index (χ1v) is 11.8. The number of nitrogens with two attached hydrogens (primary N) is 1. The van der Waals surface area contributed by atoms with Crippen molar-refractivity contribution in [2.24, 2.45) is 5.73 Å². The van der Waals surface area contributed by atoms with Crippen molar-refractivity contribution in [2.75, 3.05) is 26.2 Å². The van der Waals surface area contributed by atoms with E-state index in [-0.39, 0.29) is 42.4 Å². The Labute approximate surface area is 211 Å². The van der Waals surface area contributed by atoms with Crippen molar-refractivity contribution < 1.29 is 14.7 Å². The lowest BCUT2D eigenvalue weighted by Gasteiger charge is -2.19. The van der Waals surface area contributed by atoms with Crippen molar-refractivity contribution >= 4 is 36.6 Å². The lowest BCUT2D eigenvalue weighted by Crippen LogP contribution is -2.48. The number of phenols is 1. The molecule has 1 atom stereocenters. The summed E-state index contributed by atoms with van der Waals surface area (Å²) < 4.78 is 0. The van der Waals surface area contributed by atoms with Crippen molar-refractivity contribution in [3.8, 4) is 5.75 Å². The molecule has 33 heavy (non-hydrogen) atoms. The first-order chi connectivity index (χ1) is 15.1. The van der Waals surface area contributed by atoms with E-state index in [0.29, 0.717) is 19.4 Å². The van der Waals surface area contributed by atoms with E-state index in [2.05, 4.69) is 16.0 Å². The second kappa shape index (κ2) is 22.3. The molecule has 0 aromatic heterocycles. The summed E-state index contributed by atoms with van der Waals surface area (Å²) in [6.07, 6.45) is 9.30. The first kappa shape index (κ1) is 33.6. The lowest BCUT2D eigenvalue weighted by atomic mass is 10.0. The van der Waals surface area contributed by atoms with Gasteiger partial charge in [-0.2, -0.15) is 0 Å². The van der Waals surface area contributed by atoms with Crippen LogP contribution in [-0.2, 0) is 16.0 Å². The standard InChI is InChI=1S/C24H42N4O3.2ClH/c1-2-10-23(30)28-22(19-20-11-13-21(29)14-12-20)24(31)27-18-8-5-3-4-7-16-26-17-9-6-15-25;;/h11-14,22,26,29H,2-10,15-19,25H2,1H3,(H,27,31)(H,28,30);2*1H. The highest BCUT2D eigenvalue weighted by atomic mass is 35.5. The van der Waals surface area contributed by atoms with Gasteiger partial charge in [0.25, 0.3) is 0 Å². The van der Waals surface area contributed by atoms with E-state index in [9.17, 15) is 14.7 Å². The van der Waals surface area contributed by atoms with E-state index in [1.54, 1.807) is 24.3 Å². The average Bonchev–Trinajstić information content (AvgIpc) is 2.75. The molecule has 0 bridgehead atoms. The van der Waals surface area contributed by atoms with E-state index in [4.69, 9.17) is 5.73 Å². The van der Waals surface area contributed by atoms with Crippen LogP contribution in [0.15, 0.2) is 24.3 Å². The normalized spacial score (nSPS) is 11.1. The van der Waals surface area contributed by atoms with Crippen molar-refractivity contribution in [1.82, 2.24) is 16.0 Å². The Balaban J connectivity index is 0. The van der Waals surface area contributed by atoms with Crippen LogP contribution in [0.4, 0.5) is 0 Å². The molecule has 0 heterocycles. The third-order valence-electron chi connectivity index (χ3n) is 5.14. The van der Waals surface area contributed by atoms with Gasteiger partial charge in [0, 0.05) is 19.4 Å². The molecule has 0 aliphatic heterocycles. The number of unbranched alkanes of at least 4 members (excludes halogenated alkanes) is 5. The molecule has 0 aliphatic rings. The second-order valence-corrected chi connectivity index (χ2v) is 8.05. The summed E-state index contributed by atoms with van der Waals surface area (Å²) in [6.45, 7) is 5.42. The number of hydrogen-bond acceptors (Lipinski definition) is 5. The SMILES string of the molecule is CCCC(=O)NC(Cc1ccc(O)cc1)C(=O)NCCCCCCCNCCCCN.Cl.Cl. The van der Waals surface area contributed by atoms with Crippen molar-refractivity contribution in [1.29, 1.82) is 0 Å². The van der Waals surface area contributed by atoms with E-state index < -0.39 is 6.04 Å². The number of hydrogen-bond donors (Lipinski definition) is 5. The van der Waals surface area contributed by atoms with Gasteiger partial charge in [-0.05, 0) is 69.4 Å². The highest BCUT2D eigenvalue weighted by molar-refractivity contribution is 5.87. The van der Waals surface area contributed by atoms with Crippen LogP contribution >= 0.6 is 24.8 Å². The fourth-order valence-electron chi connectivity index (χ4n) is 3.33. The van der Waals surface area contributed by atoms with Gasteiger partial charge in [-0.3, -0.25) is 9.59 Å². The zero-order valence-electron chi connectivity index (χ0n) is 19.9. The number of rotatable bonds is 18. The number of amides is 2. The third kappa shape index (κ3) is 17.6. The Morgan fingerprint density at radius 3 is 2.09 bits per heavy atom. The first-order valence-electron chi connectivity index (χ1n) is 11.8. The van der Waals surface area contributed by atoms with Crippen LogP contribution in [0.3, 0.4) is 0 Å². The molecular weight excluding hydrogens is 463 g/mol. The van der Waals surface area contributed by atoms with Crippen LogP contribution < -0.4 is 21.7 Å². The van der Waals surface area contributed by atoms with E-state index in [0.717, 1.165) is 63.7 Å². The molecule has 7 nitrogen and oxygen atoms in total. The van der Waals surface area contributed by atoms with Crippen LogP contribution in [0.5, 0.6) is 5.75 Å². The van der Waals surface area contributed by atoms with Crippen LogP contribution in [-0.4, -0.2) is 49.1 Å². The Morgan fingerprint density at radius 2 is 1.48 bits per heavy atom. The average molecular weight is 508 g/mol. The second-order valence-electron chi connectivity index (χ2n) is 8.05. The van der Waals surface area contributed by atoms with Gasteiger partial charge in [-0.25, -0.2) is 0 Å². The largest absolute Gasteiger partial charge is 0.508 e. The molecule has 2 amide bonds. The fourth-order valence-corrected chi connectivity index (χ4v) is 3.33. The summed E-state index contributed by atoms with van der Waals surface area (Å²) in [5, 5.41) is 18.7. The molecular formula is C24H44Cl2N4O3. The molecule has 0 saturated heterocycles. The number of nitrogens with one attached hydrogen (secondary N) is 3. The molecule has 9 heteroatoms. The van der Waals surface area contributed by atoms with E-state index >= 15 is 0 Å². The number of phenolic OH excluding ortho intramolecular Hbond substituents is 1. The minimum absolute atomic E-state index is 0. The maximum atomic E-state index is 12.6. The number of halogens is 2. The van der Waals surface area contributed by atoms with Gasteiger partial charge >= 0.3 is 0 Å². The smallest absolute Gasteiger partial charge is 0.242 e. The number of benzene rings is 1. The maximum Gasteiger partial charge on any atom is 0.242 e. The molecule has 0 radical (unpaired) electrons. The molecule has 0 aliphatic carbocycles. The molecule has 0 fully saturated rings. The number of aromatic hydroxyl groups is 1. The van der Waals surface area contributed by atoms with Gasteiger partial charge in [0.05, 0.1) is 0 Å². The van der Waals surface area contributed by atoms with Gasteiger partial charge in [-0.1, -0.05) is 38.3 Å². The van der Waals surface area contributed by atoms with Crippen LogP contribution in [0.1, 0.15) is 70.3 Å². The quantitative estimate of drug-likeness (QED) is 0.195. The molecule has 192 valence electrons. The van der Waals surface area contributed by atoms with Crippen molar-refractivity contribution in [3.05, 3.63) is 29.8 Å². The van der Waals surface area contributed by atoms with Crippen LogP contribution in [0, 0.1) is 0 Å². The summed E-state index contributed by atoms with van der Waals surface area (Å²) >= 11 is 0. The van der Waals surface area contributed by atoms with Gasteiger partial charge in [0.15, 0.2) is 0 Å². The predicted octanol–water partition coefficient (Wildman–Crippen LogP) is 3.46. The van der Waals surface area contributed by atoms with Crippen molar-refractivity contribution in [2.45, 2.75) is 77.2 Å². The minimum atomic E-state index is -0.603. The van der Waals surface area contributed by atoms with Gasteiger partial charge < -0.3 is 26.8 Å². The highest BCUT2D eigenvalue weighted by Gasteiger charge is 2.20. The number of carbonyl (C=O) groups is 2. The number of carbonyl (C=O) groups excluding carboxylic acids is 2. The summed E-state index contributed by atoms with van der Waals surface area (Å²) in [7, 11) is 0. The van der Waals surface area contributed by atoms with E-state index in [1.807, 2.05) is 6.92 Å². The summed E-state index contributed by atoms with van der Waals surface area (Å²) in [4.78, 5) is 24.7. The molecule has 0 saturated carbocycles. The summed E-state index contributed by atoms with van der Waals surface area (Å²) in [5.74, 6) is -0.0839. The summed E-state index contributed by atoms with van der Waals surface area (Å²) in [6, 6.07) is 6.12. The topological polar surface area (TPSA) is 116 Å². The molecule has 1 unspecified atom stereocenters. The zero-order valence-corrected chi connectivity index (χ0v) is 21.6. The van der Waals surface area contributed by atoms with Crippen LogP contribution in [0.2, 0.25) is 0 Å². The lowest BCUT2D eigenvalue weighted by molar-refractivity contribution is -0.129. The van der Waals surface area contributed by atoms with Gasteiger partial charge in [-0.15, -0.1) is 24.8 Å². The zero-order chi connectivity index (χ0) is 22.7. The molecule has 1 rings (SSSR count). The van der Waals surface area contributed by atoms with Crippen LogP contribution in [0.25, 0.3) is 0 Å². The van der Waals surface area contributed by atoms with Crippen molar-refractivity contribution in [3.63, 3.8) is 0 Å². The van der Waals surface area contributed by atoms with Gasteiger partial charge in [0.2, 0.25) is 11.8 Å². The highest BCUT2D eigenvalue weighted by Crippen LogP contribution is 2.12. The molecule has 1 aromatic carbocycles. The Bertz CT molecular complexity index is 618. The van der Waals surface area contributed by atoms with E-state index in [1.165, 1.54) is 12.8 Å². The third-order valence-corrected chi connectivity index (χ3v) is 5.14. The Morgan fingerprint density at radius 1 is 0.909 bits per heavy atom. The summed E-state index contributed by atoms with van der Waals surface area (Å²) in [5.41, 5.74) is 6.37. The monoisotopic (exact) mass is 506 g/mol. The molecule has 6 N–H and O–H groups in total.